The molecule has 0 saturated heterocycles. The summed E-state index contributed by atoms with van der Waals surface area (Å²) in [6, 6.07) is 8.21. The van der Waals surface area contributed by atoms with Gasteiger partial charge in [-0.15, -0.1) is 0 Å². The Morgan fingerprint density at radius 2 is 1.03 bits per heavy atom. The van der Waals surface area contributed by atoms with E-state index in [1.54, 1.807) is 0 Å². The van der Waals surface area contributed by atoms with Gasteiger partial charge in [-0.2, -0.15) is 0 Å². The SMILES string of the molecule is CCCCCCCCCCOc1ccc(OCCCC2CCC(CCC)CC2)cc1. The third-order valence-electron chi connectivity index (χ3n) is 6.78. The molecule has 0 radical (unpaired) electrons. The number of ether oxygens (including phenoxy) is 2. The van der Waals surface area contributed by atoms with Crippen LogP contribution in [0.15, 0.2) is 24.3 Å². The van der Waals surface area contributed by atoms with E-state index < -0.39 is 0 Å². The zero-order valence-electron chi connectivity index (χ0n) is 20.0. The van der Waals surface area contributed by atoms with Crippen LogP contribution in [0.2, 0.25) is 0 Å². The second-order valence-electron chi connectivity index (χ2n) is 9.46. The van der Waals surface area contributed by atoms with Gasteiger partial charge in [0.05, 0.1) is 13.2 Å². The summed E-state index contributed by atoms with van der Waals surface area (Å²) < 4.78 is 11.8. The Bertz CT molecular complexity index is 502. The molecule has 0 bridgehead atoms. The molecule has 2 rings (SSSR count). The van der Waals surface area contributed by atoms with Crippen molar-refractivity contribution in [2.75, 3.05) is 13.2 Å². The predicted octanol–water partition coefficient (Wildman–Crippen LogP) is 8.97. The van der Waals surface area contributed by atoms with Crippen molar-refractivity contribution in [3.63, 3.8) is 0 Å². The van der Waals surface area contributed by atoms with Gasteiger partial charge in [0, 0.05) is 0 Å². The maximum absolute atomic E-state index is 5.95. The van der Waals surface area contributed by atoms with Crippen LogP contribution < -0.4 is 9.47 Å². The minimum Gasteiger partial charge on any atom is -0.494 e. The van der Waals surface area contributed by atoms with Gasteiger partial charge in [0.1, 0.15) is 11.5 Å². The average Bonchev–Trinajstić information content (AvgIpc) is 2.78. The summed E-state index contributed by atoms with van der Waals surface area (Å²) in [6.45, 7) is 6.26. The highest BCUT2D eigenvalue weighted by molar-refractivity contribution is 5.31. The Morgan fingerprint density at radius 1 is 0.567 bits per heavy atom. The Hall–Kier alpha value is -1.18. The lowest BCUT2D eigenvalue weighted by molar-refractivity contribution is 0.230. The number of hydrogen-bond donors (Lipinski definition) is 0. The standard InChI is InChI=1S/C28H48O2/c1-3-5-6-7-8-9-10-11-23-29-27-19-21-28(22-20-27)30-24-12-14-26-17-15-25(13-4-2)16-18-26/h19-22,25-26H,3-18,23-24H2,1-2H3. The Balaban J connectivity index is 1.46. The van der Waals surface area contributed by atoms with Gasteiger partial charge in [-0.1, -0.05) is 97.3 Å². The van der Waals surface area contributed by atoms with Crippen molar-refractivity contribution < 1.29 is 9.47 Å². The summed E-state index contributed by atoms with van der Waals surface area (Å²) in [5.41, 5.74) is 0. The first-order valence-corrected chi connectivity index (χ1v) is 13.2. The highest BCUT2D eigenvalue weighted by Gasteiger charge is 2.20. The quantitative estimate of drug-likeness (QED) is 0.236. The monoisotopic (exact) mass is 416 g/mol. The molecular weight excluding hydrogens is 368 g/mol. The molecule has 0 amide bonds. The first-order chi connectivity index (χ1) is 14.8. The van der Waals surface area contributed by atoms with Crippen molar-refractivity contribution in [2.24, 2.45) is 11.8 Å². The smallest absolute Gasteiger partial charge is 0.119 e. The lowest BCUT2D eigenvalue weighted by Gasteiger charge is -2.28. The molecule has 0 heterocycles. The van der Waals surface area contributed by atoms with Crippen molar-refractivity contribution in [3.05, 3.63) is 24.3 Å². The van der Waals surface area contributed by atoms with Gasteiger partial charge in [0.15, 0.2) is 0 Å². The van der Waals surface area contributed by atoms with E-state index in [4.69, 9.17) is 9.47 Å². The fourth-order valence-corrected chi connectivity index (χ4v) is 4.84. The second kappa shape index (κ2) is 16.5. The molecule has 0 aliphatic heterocycles. The fourth-order valence-electron chi connectivity index (χ4n) is 4.84. The predicted molar refractivity (Wildman–Crippen MR) is 130 cm³/mol. The van der Waals surface area contributed by atoms with Gasteiger partial charge in [-0.3, -0.25) is 0 Å². The van der Waals surface area contributed by atoms with E-state index in [-0.39, 0.29) is 0 Å². The second-order valence-corrected chi connectivity index (χ2v) is 9.46. The molecule has 0 aromatic heterocycles. The summed E-state index contributed by atoms with van der Waals surface area (Å²) in [6.07, 6.45) is 21.8. The lowest BCUT2D eigenvalue weighted by Crippen LogP contribution is -2.15. The first-order valence-electron chi connectivity index (χ1n) is 13.2. The number of unbranched alkanes of at least 4 members (excludes halogenated alkanes) is 7. The van der Waals surface area contributed by atoms with Crippen molar-refractivity contribution >= 4 is 0 Å². The molecule has 1 fully saturated rings. The fraction of sp³-hybridized carbons (Fsp3) is 0.786. The van der Waals surface area contributed by atoms with Crippen molar-refractivity contribution in [3.8, 4) is 11.5 Å². The molecule has 2 heteroatoms. The van der Waals surface area contributed by atoms with Gasteiger partial charge in [0.25, 0.3) is 0 Å². The maximum atomic E-state index is 5.95. The molecule has 172 valence electrons. The van der Waals surface area contributed by atoms with E-state index in [0.29, 0.717) is 0 Å². The van der Waals surface area contributed by atoms with Crippen LogP contribution >= 0.6 is 0 Å². The number of hydrogen-bond acceptors (Lipinski definition) is 2. The van der Waals surface area contributed by atoms with Crippen LogP contribution in [-0.2, 0) is 0 Å². The molecule has 30 heavy (non-hydrogen) atoms. The highest BCUT2D eigenvalue weighted by Crippen LogP contribution is 2.33. The van der Waals surface area contributed by atoms with Gasteiger partial charge >= 0.3 is 0 Å². The molecule has 1 aromatic rings. The third-order valence-corrected chi connectivity index (χ3v) is 6.78. The average molecular weight is 417 g/mol. The largest absolute Gasteiger partial charge is 0.494 e. The molecule has 1 saturated carbocycles. The topological polar surface area (TPSA) is 18.5 Å². The van der Waals surface area contributed by atoms with Crippen molar-refractivity contribution in [1.29, 1.82) is 0 Å². The molecule has 1 aromatic carbocycles. The van der Waals surface area contributed by atoms with E-state index >= 15 is 0 Å². The minimum absolute atomic E-state index is 0.829. The van der Waals surface area contributed by atoms with Crippen molar-refractivity contribution in [2.45, 2.75) is 117 Å². The zero-order valence-corrected chi connectivity index (χ0v) is 20.0. The van der Waals surface area contributed by atoms with E-state index in [9.17, 15) is 0 Å². The lowest BCUT2D eigenvalue weighted by atomic mass is 9.78. The molecule has 1 aliphatic rings. The maximum Gasteiger partial charge on any atom is 0.119 e. The zero-order chi connectivity index (χ0) is 21.3. The third kappa shape index (κ3) is 11.3. The molecule has 1 aliphatic carbocycles. The van der Waals surface area contributed by atoms with Crippen LogP contribution in [-0.4, -0.2) is 13.2 Å². The molecule has 0 N–H and O–H groups in total. The molecule has 0 atom stereocenters. The van der Waals surface area contributed by atoms with Crippen LogP contribution in [0.3, 0.4) is 0 Å². The summed E-state index contributed by atoms with van der Waals surface area (Å²) in [4.78, 5) is 0. The van der Waals surface area contributed by atoms with Gasteiger partial charge in [-0.25, -0.2) is 0 Å². The van der Waals surface area contributed by atoms with E-state index in [1.165, 1.54) is 96.3 Å². The van der Waals surface area contributed by atoms with E-state index in [2.05, 4.69) is 38.1 Å². The Labute approximate surface area is 187 Å². The van der Waals surface area contributed by atoms with Gasteiger partial charge in [0.2, 0.25) is 0 Å². The number of rotatable bonds is 17. The van der Waals surface area contributed by atoms with Gasteiger partial charge < -0.3 is 9.47 Å². The summed E-state index contributed by atoms with van der Waals surface area (Å²) in [5, 5.41) is 0. The summed E-state index contributed by atoms with van der Waals surface area (Å²) in [7, 11) is 0. The van der Waals surface area contributed by atoms with Crippen LogP contribution in [0.5, 0.6) is 11.5 Å². The van der Waals surface area contributed by atoms with Crippen LogP contribution in [0, 0.1) is 11.8 Å². The molecule has 0 spiro atoms. The van der Waals surface area contributed by atoms with Gasteiger partial charge in [-0.05, 0) is 55.4 Å². The summed E-state index contributed by atoms with van der Waals surface area (Å²) >= 11 is 0. The molecule has 0 unspecified atom stereocenters. The Kier molecular flexibility index (Phi) is 13.8. The highest BCUT2D eigenvalue weighted by atomic mass is 16.5. The normalized spacial score (nSPS) is 19.0. The van der Waals surface area contributed by atoms with Crippen LogP contribution in [0.4, 0.5) is 0 Å². The first kappa shape index (κ1) is 25.1. The van der Waals surface area contributed by atoms with Crippen molar-refractivity contribution in [1.82, 2.24) is 0 Å². The van der Waals surface area contributed by atoms with E-state index in [0.717, 1.165) is 43.0 Å². The molecule has 2 nitrogen and oxygen atoms in total. The molecular formula is C28H48O2. The van der Waals surface area contributed by atoms with Crippen LogP contribution in [0.25, 0.3) is 0 Å². The Morgan fingerprint density at radius 3 is 1.57 bits per heavy atom. The van der Waals surface area contributed by atoms with Crippen LogP contribution in [0.1, 0.15) is 117 Å². The summed E-state index contributed by atoms with van der Waals surface area (Å²) in [5.74, 6) is 3.89. The number of benzene rings is 1. The van der Waals surface area contributed by atoms with E-state index in [1.807, 2.05) is 0 Å². The minimum atomic E-state index is 0.829.